The molecule has 1 N–H and O–H groups in total. The van der Waals surface area contributed by atoms with E-state index < -0.39 is 0 Å². The van der Waals surface area contributed by atoms with E-state index in [2.05, 4.69) is 39.1 Å². The molecule has 0 spiro atoms. The first kappa shape index (κ1) is 13.0. The lowest BCUT2D eigenvalue weighted by molar-refractivity contribution is 0.196. The predicted octanol–water partition coefficient (Wildman–Crippen LogP) is 3.07. The molecule has 0 fully saturated rings. The highest BCUT2D eigenvalue weighted by Crippen LogP contribution is 2.22. The maximum Gasteiger partial charge on any atom is 0.122 e. The molecule has 0 aliphatic rings. The predicted molar refractivity (Wildman–Crippen MR) is 69.1 cm³/mol. The van der Waals surface area contributed by atoms with Crippen LogP contribution in [-0.4, -0.2) is 19.2 Å². The second-order valence-electron chi connectivity index (χ2n) is 4.55. The van der Waals surface area contributed by atoms with Crippen molar-refractivity contribution in [3.63, 3.8) is 0 Å². The molecule has 0 amide bonds. The van der Waals surface area contributed by atoms with Gasteiger partial charge in [0.25, 0.3) is 0 Å². The Balaban J connectivity index is 2.62. The van der Waals surface area contributed by atoms with Crippen LogP contribution in [0.2, 0.25) is 0 Å². The van der Waals surface area contributed by atoms with E-state index in [-0.39, 0.29) is 6.10 Å². The number of aryl methyl sites for hydroxylation is 1. The Bertz CT molecular complexity index is 336. The van der Waals surface area contributed by atoms with Crippen molar-refractivity contribution in [3.05, 3.63) is 29.3 Å². The van der Waals surface area contributed by atoms with E-state index in [0.29, 0.717) is 6.04 Å². The molecule has 0 aliphatic heterocycles. The number of rotatable bonds is 5. The van der Waals surface area contributed by atoms with E-state index in [4.69, 9.17) is 4.74 Å². The molecule has 2 heteroatoms. The van der Waals surface area contributed by atoms with Crippen molar-refractivity contribution in [1.29, 1.82) is 0 Å². The summed E-state index contributed by atoms with van der Waals surface area (Å²) in [5, 5.41) is 3.23. The largest absolute Gasteiger partial charge is 0.490 e. The summed E-state index contributed by atoms with van der Waals surface area (Å²) in [6.45, 7) is 8.51. The minimum atomic E-state index is 0.239. The molecule has 2 nitrogen and oxygen atoms in total. The summed E-state index contributed by atoms with van der Waals surface area (Å²) < 4.78 is 5.96. The highest BCUT2D eigenvalue weighted by Gasteiger charge is 2.10. The molecule has 0 saturated heterocycles. The van der Waals surface area contributed by atoms with Crippen LogP contribution in [0.4, 0.5) is 0 Å². The average Bonchev–Trinajstić information content (AvgIpc) is 2.24. The van der Waals surface area contributed by atoms with Crippen molar-refractivity contribution < 1.29 is 4.74 Å². The van der Waals surface area contributed by atoms with Crippen molar-refractivity contribution in [2.45, 2.75) is 46.3 Å². The van der Waals surface area contributed by atoms with Crippen LogP contribution in [0, 0.1) is 13.8 Å². The molecule has 16 heavy (non-hydrogen) atoms. The highest BCUT2D eigenvalue weighted by molar-refractivity contribution is 5.38. The maximum atomic E-state index is 5.96. The van der Waals surface area contributed by atoms with Crippen molar-refractivity contribution >= 4 is 0 Å². The number of hydrogen-bond acceptors (Lipinski definition) is 2. The Kier molecular flexibility index (Phi) is 4.81. The van der Waals surface area contributed by atoms with Gasteiger partial charge in [-0.05, 0) is 58.4 Å². The number of benzene rings is 1. The summed E-state index contributed by atoms with van der Waals surface area (Å²) in [4.78, 5) is 0. The molecule has 1 rings (SSSR count). The molecule has 0 heterocycles. The first-order valence-corrected chi connectivity index (χ1v) is 5.94. The molecule has 90 valence electrons. The number of nitrogens with one attached hydrogen (secondary N) is 1. The van der Waals surface area contributed by atoms with Gasteiger partial charge in [-0.25, -0.2) is 0 Å². The maximum absolute atomic E-state index is 5.96. The summed E-state index contributed by atoms with van der Waals surface area (Å²) in [6, 6.07) is 6.69. The van der Waals surface area contributed by atoms with Gasteiger partial charge in [-0.2, -0.15) is 0 Å². The Labute approximate surface area is 99.0 Å². The zero-order chi connectivity index (χ0) is 12.1. The second-order valence-corrected chi connectivity index (χ2v) is 4.55. The van der Waals surface area contributed by atoms with Crippen LogP contribution in [-0.2, 0) is 0 Å². The number of hydrogen-bond donors (Lipinski definition) is 1. The fraction of sp³-hybridized carbons (Fsp3) is 0.571. The first-order valence-electron chi connectivity index (χ1n) is 5.94. The normalized spacial score (nSPS) is 14.6. The van der Waals surface area contributed by atoms with Gasteiger partial charge in [0.2, 0.25) is 0 Å². The monoisotopic (exact) mass is 221 g/mol. The third-order valence-corrected chi connectivity index (χ3v) is 3.06. The van der Waals surface area contributed by atoms with Crippen molar-refractivity contribution in [2.75, 3.05) is 7.05 Å². The van der Waals surface area contributed by atoms with Gasteiger partial charge < -0.3 is 10.1 Å². The van der Waals surface area contributed by atoms with Gasteiger partial charge >= 0.3 is 0 Å². The second kappa shape index (κ2) is 5.90. The topological polar surface area (TPSA) is 21.3 Å². The fourth-order valence-electron chi connectivity index (χ4n) is 1.73. The lowest BCUT2D eigenvalue weighted by atomic mass is 10.1. The van der Waals surface area contributed by atoms with Crippen LogP contribution in [0.25, 0.3) is 0 Å². The molecular formula is C14H23NO. The Morgan fingerprint density at radius 1 is 1.25 bits per heavy atom. The molecule has 0 aliphatic carbocycles. The van der Waals surface area contributed by atoms with E-state index in [1.165, 1.54) is 11.1 Å². The third kappa shape index (κ3) is 3.53. The molecule has 1 aromatic carbocycles. The summed E-state index contributed by atoms with van der Waals surface area (Å²) in [5.74, 6) is 1.01. The Morgan fingerprint density at radius 3 is 2.56 bits per heavy atom. The van der Waals surface area contributed by atoms with Gasteiger partial charge in [-0.1, -0.05) is 12.1 Å². The van der Waals surface area contributed by atoms with Crippen LogP contribution >= 0.6 is 0 Å². The number of ether oxygens (including phenoxy) is 1. The lowest BCUT2D eigenvalue weighted by Crippen LogP contribution is -2.28. The smallest absolute Gasteiger partial charge is 0.122 e. The van der Waals surface area contributed by atoms with Crippen LogP contribution in [0.3, 0.4) is 0 Å². The van der Waals surface area contributed by atoms with Crippen LogP contribution in [0.15, 0.2) is 18.2 Å². The summed E-state index contributed by atoms with van der Waals surface area (Å²) in [7, 11) is 1.98. The Hall–Kier alpha value is -1.02. The lowest BCUT2D eigenvalue weighted by Gasteiger charge is -2.20. The standard InChI is InChI=1S/C14H23NO/c1-10-7-6-8-14(13(10)4)16-12(3)9-11(2)15-5/h6-8,11-12,15H,9H2,1-5H3. The summed E-state index contributed by atoms with van der Waals surface area (Å²) in [6.07, 6.45) is 1.26. The van der Waals surface area contributed by atoms with E-state index in [1.807, 2.05) is 19.2 Å². The first-order chi connectivity index (χ1) is 7.54. The van der Waals surface area contributed by atoms with Crippen LogP contribution in [0.5, 0.6) is 5.75 Å². The highest BCUT2D eigenvalue weighted by atomic mass is 16.5. The molecule has 1 aromatic rings. The molecule has 0 bridgehead atoms. The van der Waals surface area contributed by atoms with Crippen molar-refractivity contribution in [2.24, 2.45) is 0 Å². The molecule has 0 radical (unpaired) electrons. The van der Waals surface area contributed by atoms with E-state index >= 15 is 0 Å². The minimum absolute atomic E-state index is 0.239. The van der Waals surface area contributed by atoms with Gasteiger partial charge in [0.15, 0.2) is 0 Å². The average molecular weight is 221 g/mol. The van der Waals surface area contributed by atoms with Crippen molar-refractivity contribution in [1.82, 2.24) is 5.32 Å². The van der Waals surface area contributed by atoms with Gasteiger partial charge in [0.05, 0.1) is 6.10 Å². The molecule has 2 unspecified atom stereocenters. The van der Waals surface area contributed by atoms with Gasteiger partial charge in [0, 0.05) is 6.04 Å². The SMILES string of the molecule is CNC(C)CC(C)Oc1cccc(C)c1C. The van der Waals surface area contributed by atoms with E-state index in [1.54, 1.807) is 0 Å². The third-order valence-electron chi connectivity index (χ3n) is 3.06. The molecule has 0 aromatic heterocycles. The van der Waals surface area contributed by atoms with E-state index in [0.717, 1.165) is 12.2 Å². The van der Waals surface area contributed by atoms with Crippen LogP contribution in [0.1, 0.15) is 31.4 Å². The summed E-state index contributed by atoms with van der Waals surface area (Å²) in [5.41, 5.74) is 2.53. The van der Waals surface area contributed by atoms with Gasteiger partial charge in [-0.15, -0.1) is 0 Å². The zero-order valence-corrected chi connectivity index (χ0v) is 11.0. The molecule has 0 saturated carbocycles. The van der Waals surface area contributed by atoms with E-state index in [9.17, 15) is 0 Å². The molecule has 2 atom stereocenters. The van der Waals surface area contributed by atoms with Gasteiger partial charge in [-0.3, -0.25) is 0 Å². The minimum Gasteiger partial charge on any atom is -0.490 e. The summed E-state index contributed by atoms with van der Waals surface area (Å²) >= 11 is 0. The zero-order valence-electron chi connectivity index (χ0n) is 11.0. The quantitative estimate of drug-likeness (QED) is 0.825. The molecular weight excluding hydrogens is 198 g/mol. The van der Waals surface area contributed by atoms with Crippen LogP contribution < -0.4 is 10.1 Å². The van der Waals surface area contributed by atoms with Gasteiger partial charge in [0.1, 0.15) is 5.75 Å². The van der Waals surface area contributed by atoms with Crippen molar-refractivity contribution in [3.8, 4) is 5.75 Å². The Morgan fingerprint density at radius 2 is 1.94 bits per heavy atom. The fourth-order valence-corrected chi connectivity index (χ4v) is 1.73.